The maximum Gasteiger partial charge on any atom is 0.241 e. The summed E-state index contributed by atoms with van der Waals surface area (Å²) in [6, 6.07) is -0.199. The van der Waals surface area contributed by atoms with Crippen molar-refractivity contribution < 1.29 is 9.59 Å². The highest BCUT2D eigenvalue weighted by molar-refractivity contribution is 5.87. The number of hydrogen-bond acceptors (Lipinski definition) is 3. The summed E-state index contributed by atoms with van der Waals surface area (Å²) in [5.74, 6) is 0.00858. The number of nitrogens with one attached hydrogen (secondary N) is 1. The molecule has 5 nitrogen and oxygen atoms in total. The van der Waals surface area contributed by atoms with Gasteiger partial charge in [-0.25, -0.2) is 0 Å². The second-order valence-electron chi connectivity index (χ2n) is 5.37. The lowest BCUT2D eigenvalue weighted by molar-refractivity contribution is -0.133. The molecule has 0 aliphatic carbocycles. The van der Waals surface area contributed by atoms with Gasteiger partial charge in [-0.05, 0) is 20.0 Å². The number of amides is 2. The van der Waals surface area contributed by atoms with E-state index in [0.29, 0.717) is 0 Å². The standard InChI is InChI=1S/C11H23N3O2.C3H8/c1-8(2)10(14(5)6)11(16)12-7-9(15)13(3)4;1-3-2/h8,10H,7H2,1-6H3,(H,12,16);3H2,1-2H3. The number of carbonyl (C=O) groups excluding carboxylic acids is 2. The summed E-state index contributed by atoms with van der Waals surface area (Å²) < 4.78 is 0. The first-order valence-electron chi connectivity index (χ1n) is 6.83. The number of hydrogen-bond donors (Lipinski definition) is 1. The summed E-state index contributed by atoms with van der Waals surface area (Å²) in [6.45, 7) is 8.28. The van der Waals surface area contributed by atoms with Gasteiger partial charge in [-0.15, -0.1) is 0 Å². The van der Waals surface area contributed by atoms with E-state index in [2.05, 4.69) is 19.2 Å². The van der Waals surface area contributed by atoms with Crippen molar-refractivity contribution in [1.29, 1.82) is 0 Å². The van der Waals surface area contributed by atoms with Gasteiger partial charge in [-0.3, -0.25) is 14.5 Å². The van der Waals surface area contributed by atoms with Crippen LogP contribution < -0.4 is 5.32 Å². The first-order chi connectivity index (χ1) is 8.68. The van der Waals surface area contributed by atoms with Crippen molar-refractivity contribution >= 4 is 11.8 Å². The van der Waals surface area contributed by atoms with Crippen LogP contribution in [-0.4, -0.2) is 62.4 Å². The molecule has 2 amide bonds. The van der Waals surface area contributed by atoms with Crippen molar-refractivity contribution in [3.63, 3.8) is 0 Å². The summed E-state index contributed by atoms with van der Waals surface area (Å²) in [5.41, 5.74) is 0. The van der Waals surface area contributed by atoms with Crippen molar-refractivity contribution in [1.82, 2.24) is 15.1 Å². The molecule has 0 aliphatic heterocycles. The van der Waals surface area contributed by atoms with Gasteiger partial charge in [0.2, 0.25) is 11.8 Å². The molecule has 19 heavy (non-hydrogen) atoms. The molecule has 0 fully saturated rings. The van der Waals surface area contributed by atoms with Gasteiger partial charge < -0.3 is 10.2 Å². The van der Waals surface area contributed by atoms with Gasteiger partial charge in [-0.1, -0.05) is 34.1 Å². The van der Waals surface area contributed by atoms with Crippen LogP contribution in [0.3, 0.4) is 0 Å². The van der Waals surface area contributed by atoms with Crippen molar-refractivity contribution in [3.8, 4) is 0 Å². The minimum absolute atomic E-state index is 0.0584. The fourth-order valence-electron chi connectivity index (χ4n) is 1.56. The van der Waals surface area contributed by atoms with E-state index in [0.717, 1.165) is 0 Å². The Bertz CT molecular complexity index is 255. The Balaban J connectivity index is 0. The van der Waals surface area contributed by atoms with Crippen molar-refractivity contribution in [3.05, 3.63) is 0 Å². The lowest BCUT2D eigenvalue weighted by Gasteiger charge is -2.26. The van der Waals surface area contributed by atoms with Crippen LogP contribution in [0.2, 0.25) is 0 Å². The molecule has 0 aromatic carbocycles. The van der Waals surface area contributed by atoms with Crippen molar-refractivity contribution in [2.45, 2.75) is 40.2 Å². The average molecular weight is 273 g/mol. The minimum Gasteiger partial charge on any atom is -0.347 e. The summed E-state index contributed by atoms with van der Waals surface area (Å²) in [4.78, 5) is 26.5. The third-order valence-corrected chi connectivity index (χ3v) is 2.37. The van der Waals surface area contributed by atoms with Crippen LogP contribution >= 0.6 is 0 Å². The Kier molecular flexibility index (Phi) is 11.5. The predicted molar refractivity (Wildman–Crippen MR) is 80.0 cm³/mol. The lowest BCUT2D eigenvalue weighted by atomic mass is 10.0. The van der Waals surface area contributed by atoms with Crippen LogP contribution in [0.1, 0.15) is 34.1 Å². The molecular weight excluding hydrogens is 242 g/mol. The molecule has 0 saturated carbocycles. The topological polar surface area (TPSA) is 52.7 Å². The highest BCUT2D eigenvalue weighted by atomic mass is 16.2. The third-order valence-electron chi connectivity index (χ3n) is 2.37. The second kappa shape index (κ2) is 10.8. The Morgan fingerprint density at radius 1 is 1.05 bits per heavy atom. The molecule has 0 aromatic rings. The van der Waals surface area contributed by atoms with Gasteiger partial charge in [0.05, 0.1) is 12.6 Å². The largest absolute Gasteiger partial charge is 0.347 e. The van der Waals surface area contributed by atoms with Crippen LogP contribution in [0.5, 0.6) is 0 Å². The van der Waals surface area contributed by atoms with Gasteiger partial charge in [0.1, 0.15) is 0 Å². The van der Waals surface area contributed by atoms with Gasteiger partial charge >= 0.3 is 0 Å². The molecule has 0 aromatic heterocycles. The monoisotopic (exact) mass is 273 g/mol. The lowest BCUT2D eigenvalue weighted by Crippen LogP contribution is -2.48. The zero-order chi connectivity index (χ0) is 15.6. The Morgan fingerprint density at radius 2 is 1.47 bits per heavy atom. The van der Waals surface area contributed by atoms with E-state index in [-0.39, 0.29) is 30.3 Å². The van der Waals surface area contributed by atoms with Gasteiger partial charge in [-0.2, -0.15) is 0 Å². The van der Waals surface area contributed by atoms with Crippen molar-refractivity contribution in [2.75, 3.05) is 34.7 Å². The quantitative estimate of drug-likeness (QED) is 0.819. The summed E-state index contributed by atoms with van der Waals surface area (Å²) in [5, 5.41) is 2.65. The molecule has 0 aliphatic rings. The van der Waals surface area contributed by atoms with E-state index in [1.807, 2.05) is 32.8 Å². The number of rotatable bonds is 5. The van der Waals surface area contributed by atoms with Crippen LogP contribution in [0.15, 0.2) is 0 Å². The van der Waals surface area contributed by atoms with E-state index in [9.17, 15) is 9.59 Å². The molecule has 5 heteroatoms. The van der Waals surface area contributed by atoms with E-state index < -0.39 is 0 Å². The van der Waals surface area contributed by atoms with Crippen LogP contribution in [0, 0.1) is 5.92 Å². The molecule has 114 valence electrons. The first kappa shape index (κ1) is 20.2. The number of nitrogens with zero attached hydrogens (tertiary/aromatic N) is 2. The SMILES string of the molecule is CC(C)C(C(=O)NCC(=O)N(C)C)N(C)C.CCC. The third kappa shape index (κ3) is 9.47. The van der Waals surface area contributed by atoms with Gasteiger partial charge in [0, 0.05) is 14.1 Å². The Labute approximate surface area is 118 Å². The molecule has 0 heterocycles. The molecule has 1 unspecified atom stereocenters. The smallest absolute Gasteiger partial charge is 0.241 e. The minimum atomic E-state index is -0.199. The summed E-state index contributed by atoms with van der Waals surface area (Å²) in [7, 11) is 7.05. The van der Waals surface area contributed by atoms with Crippen LogP contribution in [-0.2, 0) is 9.59 Å². The van der Waals surface area contributed by atoms with Gasteiger partial charge in [0.25, 0.3) is 0 Å². The second-order valence-corrected chi connectivity index (χ2v) is 5.37. The highest BCUT2D eigenvalue weighted by Gasteiger charge is 2.24. The predicted octanol–water partition coefficient (Wildman–Crippen LogP) is 1.19. The van der Waals surface area contributed by atoms with Gasteiger partial charge in [0.15, 0.2) is 0 Å². The molecule has 0 spiro atoms. The normalized spacial score (nSPS) is 11.7. The zero-order valence-corrected chi connectivity index (χ0v) is 13.8. The molecule has 0 saturated heterocycles. The van der Waals surface area contributed by atoms with Crippen LogP contribution in [0.4, 0.5) is 0 Å². The van der Waals surface area contributed by atoms with E-state index in [4.69, 9.17) is 0 Å². The molecule has 0 rings (SSSR count). The molecular formula is C14H31N3O2. The summed E-state index contributed by atoms with van der Waals surface area (Å²) >= 11 is 0. The molecule has 0 radical (unpaired) electrons. The Hall–Kier alpha value is -1.10. The Morgan fingerprint density at radius 3 is 1.74 bits per heavy atom. The van der Waals surface area contributed by atoms with E-state index >= 15 is 0 Å². The number of carbonyl (C=O) groups is 2. The maximum atomic E-state index is 11.8. The summed E-state index contributed by atoms with van der Waals surface area (Å²) in [6.07, 6.45) is 1.25. The molecule has 1 atom stereocenters. The zero-order valence-electron chi connectivity index (χ0n) is 13.8. The van der Waals surface area contributed by atoms with Crippen molar-refractivity contribution in [2.24, 2.45) is 5.92 Å². The molecule has 1 N–H and O–H groups in total. The van der Waals surface area contributed by atoms with E-state index in [1.165, 1.54) is 11.3 Å². The van der Waals surface area contributed by atoms with E-state index in [1.54, 1.807) is 14.1 Å². The maximum absolute atomic E-state index is 11.8. The average Bonchev–Trinajstić information content (AvgIpc) is 2.25. The fraction of sp³-hybridized carbons (Fsp3) is 0.857. The number of likely N-dealkylation sites (N-methyl/N-ethyl adjacent to an activating group) is 2. The fourth-order valence-corrected chi connectivity index (χ4v) is 1.56. The first-order valence-corrected chi connectivity index (χ1v) is 6.83. The highest BCUT2D eigenvalue weighted by Crippen LogP contribution is 2.07. The molecule has 0 bridgehead atoms. The van der Waals surface area contributed by atoms with Crippen LogP contribution in [0.25, 0.3) is 0 Å².